The van der Waals surface area contributed by atoms with E-state index >= 15 is 0 Å². The molecule has 0 amide bonds. The molecular weight excluding hydrogens is 360 g/mol. The molecule has 0 saturated heterocycles. The van der Waals surface area contributed by atoms with E-state index in [9.17, 15) is 9.90 Å². The van der Waals surface area contributed by atoms with E-state index in [2.05, 4.69) is 26.8 Å². The maximum Gasteiger partial charge on any atom is 0.161 e. The average Bonchev–Trinajstić information content (AvgIpc) is 3.21. The summed E-state index contributed by atoms with van der Waals surface area (Å²) in [4.78, 5) is 12.4. The molecule has 1 aromatic carbocycles. The van der Waals surface area contributed by atoms with E-state index in [1.54, 1.807) is 12.1 Å². The molecule has 1 atom stereocenters. The number of ketones is 1. The summed E-state index contributed by atoms with van der Waals surface area (Å²) in [7, 11) is 0. The standard InChI is InChI=1S/C26H40O3/c1-4-5-8-21(12-11-20(2)3)13-16-23(27)17-14-22-15-18-25(28)26(19-22)29-24-9-6-7-10-24/h13,15-16,18-21,24,28H,4-12,14,17H2,1-3H3. The van der Waals surface area contributed by atoms with Gasteiger partial charge in [0.05, 0.1) is 6.10 Å². The lowest BCUT2D eigenvalue weighted by Crippen LogP contribution is -2.11. The number of benzene rings is 1. The quantitative estimate of drug-likeness (QED) is 0.362. The van der Waals surface area contributed by atoms with Gasteiger partial charge in [-0.2, -0.15) is 0 Å². The second-order valence-electron chi connectivity index (χ2n) is 9.03. The number of ether oxygens (including phenoxy) is 1. The van der Waals surface area contributed by atoms with Crippen LogP contribution in [0.4, 0.5) is 0 Å². The van der Waals surface area contributed by atoms with Crippen molar-refractivity contribution < 1.29 is 14.6 Å². The van der Waals surface area contributed by atoms with Crippen LogP contribution in [0.1, 0.15) is 90.5 Å². The molecule has 0 aliphatic heterocycles. The maximum absolute atomic E-state index is 12.4. The lowest BCUT2D eigenvalue weighted by atomic mass is 9.92. The minimum atomic E-state index is 0.183. The van der Waals surface area contributed by atoms with Gasteiger partial charge in [-0.25, -0.2) is 0 Å². The van der Waals surface area contributed by atoms with Crippen molar-refractivity contribution in [3.8, 4) is 11.5 Å². The molecule has 0 bridgehead atoms. The first-order chi connectivity index (χ1) is 14.0. The second-order valence-corrected chi connectivity index (χ2v) is 9.03. The minimum Gasteiger partial charge on any atom is -0.504 e. The number of unbranched alkanes of at least 4 members (excludes halogenated alkanes) is 1. The molecule has 1 aromatic rings. The van der Waals surface area contributed by atoms with Gasteiger partial charge in [0.25, 0.3) is 0 Å². The summed E-state index contributed by atoms with van der Waals surface area (Å²) in [5.74, 6) is 2.16. The monoisotopic (exact) mass is 400 g/mol. The van der Waals surface area contributed by atoms with Crippen molar-refractivity contribution in [1.82, 2.24) is 0 Å². The lowest BCUT2D eigenvalue weighted by Gasteiger charge is -2.15. The molecule has 1 saturated carbocycles. The van der Waals surface area contributed by atoms with E-state index in [4.69, 9.17) is 4.74 Å². The Labute approximate surface area is 177 Å². The molecule has 3 heteroatoms. The van der Waals surface area contributed by atoms with Crippen LogP contribution in [0, 0.1) is 11.8 Å². The predicted molar refractivity (Wildman–Crippen MR) is 121 cm³/mol. The summed E-state index contributed by atoms with van der Waals surface area (Å²) in [6, 6.07) is 5.48. The molecule has 1 aliphatic carbocycles. The van der Waals surface area contributed by atoms with Gasteiger partial charge in [-0.05, 0) is 80.6 Å². The molecular formula is C26H40O3. The molecule has 0 aromatic heterocycles. The van der Waals surface area contributed by atoms with Crippen LogP contribution in [-0.4, -0.2) is 17.0 Å². The highest BCUT2D eigenvalue weighted by atomic mass is 16.5. The first kappa shape index (κ1) is 23.5. The molecule has 0 heterocycles. The van der Waals surface area contributed by atoms with Crippen molar-refractivity contribution >= 4 is 5.78 Å². The zero-order valence-electron chi connectivity index (χ0n) is 18.7. The van der Waals surface area contributed by atoms with E-state index in [1.807, 2.05) is 12.1 Å². The third kappa shape index (κ3) is 9.06. The number of allylic oxidation sites excluding steroid dienone is 2. The summed E-state index contributed by atoms with van der Waals surface area (Å²) in [6.45, 7) is 6.74. The van der Waals surface area contributed by atoms with Crippen LogP contribution in [0.15, 0.2) is 30.4 Å². The average molecular weight is 401 g/mol. The molecule has 1 aliphatic rings. The van der Waals surface area contributed by atoms with Crippen molar-refractivity contribution in [1.29, 1.82) is 0 Å². The Balaban J connectivity index is 1.85. The highest BCUT2D eigenvalue weighted by Crippen LogP contribution is 2.32. The number of phenols is 1. The molecule has 1 fully saturated rings. The Kier molecular flexibility index (Phi) is 10.3. The number of phenolic OH excluding ortho intramolecular Hbond substituents is 1. The van der Waals surface area contributed by atoms with Gasteiger partial charge in [0.15, 0.2) is 17.3 Å². The van der Waals surface area contributed by atoms with Crippen molar-refractivity contribution in [2.75, 3.05) is 0 Å². The molecule has 162 valence electrons. The van der Waals surface area contributed by atoms with Gasteiger partial charge in [0.2, 0.25) is 0 Å². The second kappa shape index (κ2) is 12.7. The number of carbonyl (C=O) groups excluding carboxylic acids is 1. The van der Waals surface area contributed by atoms with E-state index in [1.165, 1.54) is 44.9 Å². The highest BCUT2D eigenvalue weighted by Gasteiger charge is 2.18. The van der Waals surface area contributed by atoms with Gasteiger partial charge in [-0.15, -0.1) is 0 Å². The largest absolute Gasteiger partial charge is 0.504 e. The fourth-order valence-corrected chi connectivity index (χ4v) is 3.94. The third-order valence-electron chi connectivity index (χ3n) is 5.88. The Hall–Kier alpha value is -1.77. The molecule has 0 radical (unpaired) electrons. The number of aromatic hydroxyl groups is 1. The molecule has 1 unspecified atom stereocenters. The fraction of sp³-hybridized carbons (Fsp3) is 0.654. The van der Waals surface area contributed by atoms with Gasteiger partial charge in [-0.3, -0.25) is 4.79 Å². The number of rotatable bonds is 13. The lowest BCUT2D eigenvalue weighted by molar-refractivity contribution is -0.114. The first-order valence-corrected chi connectivity index (χ1v) is 11.7. The van der Waals surface area contributed by atoms with Crippen LogP contribution < -0.4 is 4.74 Å². The van der Waals surface area contributed by atoms with E-state index in [0.29, 0.717) is 30.4 Å². The van der Waals surface area contributed by atoms with E-state index in [-0.39, 0.29) is 17.6 Å². The molecule has 3 nitrogen and oxygen atoms in total. The molecule has 1 N–H and O–H groups in total. The van der Waals surface area contributed by atoms with Crippen LogP contribution in [0.25, 0.3) is 0 Å². The third-order valence-corrected chi connectivity index (χ3v) is 5.88. The number of hydrogen-bond donors (Lipinski definition) is 1. The van der Waals surface area contributed by atoms with Crippen LogP contribution in [0.2, 0.25) is 0 Å². The number of carbonyl (C=O) groups is 1. The zero-order chi connectivity index (χ0) is 21.1. The Bertz CT molecular complexity index is 641. The Morgan fingerprint density at radius 2 is 1.97 bits per heavy atom. The molecule has 0 spiro atoms. The van der Waals surface area contributed by atoms with Gasteiger partial charge in [0.1, 0.15) is 0 Å². The van der Waals surface area contributed by atoms with Gasteiger partial charge >= 0.3 is 0 Å². The van der Waals surface area contributed by atoms with Crippen molar-refractivity contribution in [3.05, 3.63) is 35.9 Å². The van der Waals surface area contributed by atoms with Crippen LogP contribution in [0.5, 0.6) is 11.5 Å². The van der Waals surface area contributed by atoms with Crippen LogP contribution in [-0.2, 0) is 11.2 Å². The minimum absolute atomic E-state index is 0.183. The Morgan fingerprint density at radius 3 is 2.66 bits per heavy atom. The van der Waals surface area contributed by atoms with Crippen LogP contribution >= 0.6 is 0 Å². The summed E-state index contributed by atoms with van der Waals surface area (Å²) in [5, 5.41) is 10.1. The topological polar surface area (TPSA) is 46.5 Å². The van der Waals surface area contributed by atoms with Crippen molar-refractivity contribution in [2.45, 2.75) is 97.5 Å². The van der Waals surface area contributed by atoms with Crippen molar-refractivity contribution in [2.24, 2.45) is 11.8 Å². The summed E-state index contributed by atoms with van der Waals surface area (Å²) in [5.41, 5.74) is 1.04. The molecule has 29 heavy (non-hydrogen) atoms. The van der Waals surface area contributed by atoms with Crippen LogP contribution in [0.3, 0.4) is 0 Å². The molecule has 2 rings (SSSR count). The number of aryl methyl sites for hydroxylation is 1. The summed E-state index contributed by atoms with van der Waals surface area (Å²) >= 11 is 0. The predicted octanol–water partition coefficient (Wildman–Crippen LogP) is 7.01. The van der Waals surface area contributed by atoms with Gasteiger partial charge < -0.3 is 9.84 Å². The van der Waals surface area contributed by atoms with Gasteiger partial charge in [0, 0.05) is 6.42 Å². The van der Waals surface area contributed by atoms with E-state index < -0.39 is 0 Å². The zero-order valence-corrected chi connectivity index (χ0v) is 18.7. The van der Waals surface area contributed by atoms with Crippen molar-refractivity contribution in [3.63, 3.8) is 0 Å². The Morgan fingerprint density at radius 1 is 1.21 bits per heavy atom. The fourth-order valence-electron chi connectivity index (χ4n) is 3.94. The first-order valence-electron chi connectivity index (χ1n) is 11.7. The van der Waals surface area contributed by atoms with Gasteiger partial charge in [-0.1, -0.05) is 52.2 Å². The summed E-state index contributed by atoms with van der Waals surface area (Å²) in [6.07, 6.45) is 15.8. The maximum atomic E-state index is 12.4. The highest BCUT2D eigenvalue weighted by molar-refractivity contribution is 5.89. The SMILES string of the molecule is CCCCC(C=CC(=O)CCc1ccc(O)c(OC2CCCC2)c1)CCC(C)C. The summed E-state index contributed by atoms with van der Waals surface area (Å²) < 4.78 is 5.97. The van der Waals surface area contributed by atoms with E-state index in [0.717, 1.165) is 18.4 Å². The number of hydrogen-bond acceptors (Lipinski definition) is 3. The smallest absolute Gasteiger partial charge is 0.161 e. The normalized spacial score (nSPS) is 16.0.